The molecule has 1 amide bonds. The monoisotopic (exact) mass is 791 g/mol. The van der Waals surface area contributed by atoms with Crippen LogP contribution in [0.1, 0.15) is 23.2 Å². The fourth-order valence-electron chi connectivity index (χ4n) is 7.89. The molecule has 6 aromatic rings. The molecule has 0 bridgehead atoms. The molecule has 300 valence electrons. The molecule has 8 rings (SSSR count). The van der Waals surface area contributed by atoms with Crippen LogP contribution < -0.4 is 25.0 Å². The third-order valence-electron chi connectivity index (χ3n) is 10.9. The summed E-state index contributed by atoms with van der Waals surface area (Å²) in [7, 11) is 3.27. The first-order valence-corrected chi connectivity index (χ1v) is 19.3. The zero-order valence-electron chi connectivity index (χ0n) is 32.3. The number of alkyl halides is 1. The number of para-hydroxylation sites is 1. The fourth-order valence-corrected chi connectivity index (χ4v) is 7.89. The number of fused-ring (bicyclic) bond motifs is 1. The number of aromatic nitrogens is 4. The average Bonchev–Trinajstić information content (AvgIpc) is 3.65. The van der Waals surface area contributed by atoms with Crippen LogP contribution in [0, 0.1) is 11.6 Å². The van der Waals surface area contributed by atoms with Gasteiger partial charge in [0.2, 0.25) is 5.95 Å². The maximum absolute atomic E-state index is 14.4. The highest BCUT2D eigenvalue weighted by Gasteiger charge is 2.29. The SMILES string of the molecule is COc1cc(N2CCC(N3CCN(CCF)CC3)CC2)c(OC)cc1Nc1nccc(-c2c(-c3cccc(C(=O)Nc4c(F)cccc4F)c3)nc3ccccn23)n1. The van der Waals surface area contributed by atoms with E-state index in [0.717, 1.165) is 69.9 Å². The zero-order valence-corrected chi connectivity index (χ0v) is 32.3. The molecule has 5 heterocycles. The molecule has 0 saturated carbocycles. The number of piperidine rings is 1. The highest BCUT2D eigenvalue weighted by molar-refractivity contribution is 6.05. The molecule has 0 radical (unpaired) electrons. The molecule has 2 N–H and O–H groups in total. The lowest BCUT2D eigenvalue weighted by Crippen LogP contribution is -2.53. The van der Waals surface area contributed by atoms with Gasteiger partial charge in [-0.2, -0.15) is 0 Å². The van der Waals surface area contributed by atoms with Gasteiger partial charge in [0.1, 0.15) is 41.1 Å². The number of hydrogen-bond acceptors (Lipinski definition) is 10. The molecule has 2 saturated heterocycles. The van der Waals surface area contributed by atoms with Crippen LogP contribution in [-0.2, 0) is 0 Å². The number of rotatable bonds is 12. The fraction of sp³-hybridized carbons (Fsp3) is 0.302. The number of benzene rings is 3. The second kappa shape index (κ2) is 17.1. The predicted molar refractivity (Wildman–Crippen MR) is 218 cm³/mol. The molecule has 0 atom stereocenters. The maximum Gasteiger partial charge on any atom is 0.255 e. The van der Waals surface area contributed by atoms with Gasteiger partial charge < -0.3 is 25.0 Å². The van der Waals surface area contributed by atoms with Crippen LogP contribution >= 0.6 is 0 Å². The quantitative estimate of drug-likeness (QED) is 0.131. The summed E-state index contributed by atoms with van der Waals surface area (Å²) in [6, 6.07) is 21.8. The number of halogens is 3. The van der Waals surface area contributed by atoms with Gasteiger partial charge >= 0.3 is 0 Å². The zero-order chi connectivity index (χ0) is 40.2. The Morgan fingerprint density at radius 2 is 1.60 bits per heavy atom. The second-order valence-corrected chi connectivity index (χ2v) is 14.3. The maximum atomic E-state index is 14.4. The lowest BCUT2D eigenvalue weighted by molar-refractivity contribution is 0.0816. The molecular formula is C43H44F3N9O3. The molecule has 2 aliphatic rings. The van der Waals surface area contributed by atoms with Gasteiger partial charge in [-0.3, -0.25) is 19.0 Å². The van der Waals surface area contributed by atoms with Crippen LogP contribution in [-0.4, -0.2) is 108 Å². The van der Waals surface area contributed by atoms with Crippen molar-refractivity contribution in [2.75, 3.05) is 82.2 Å². The van der Waals surface area contributed by atoms with Crippen LogP contribution in [0.25, 0.3) is 28.3 Å². The van der Waals surface area contributed by atoms with E-state index < -0.39 is 23.2 Å². The molecule has 0 unspecified atom stereocenters. The summed E-state index contributed by atoms with van der Waals surface area (Å²) in [5, 5.41) is 5.69. The number of pyridine rings is 1. The summed E-state index contributed by atoms with van der Waals surface area (Å²) in [6.07, 6.45) is 5.56. The number of ether oxygens (including phenoxy) is 2. The van der Waals surface area contributed by atoms with Crippen LogP contribution in [0.5, 0.6) is 11.5 Å². The van der Waals surface area contributed by atoms with E-state index in [1.807, 2.05) is 47.0 Å². The molecule has 58 heavy (non-hydrogen) atoms. The minimum Gasteiger partial charge on any atom is -0.494 e. The highest BCUT2D eigenvalue weighted by atomic mass is 19.1. The second-order valence-electron chi connectivity index (χ2n) is 14.3. The van der Waals surface area contributed by atoms with Gasteiger partial charge in [-0.05, 0) is 55.3 Å². The van der Waals surface area contributed by atoms with Crippen molar-refractivity contribution < 1.29 is 27.4 Å². The summed E-state index contributed by atoms with van der Waals surface area (Å²) < 4.78 is 55.3. The number of hydrogen-bond donors (Lipinski definition) is 2. The third kappa shape index (κ3) is 8.00. The number of methoxy groups -OCH3 is 2. The number of amides is 1. The molecule has 15 heteroatoms. The van der Waals surface area contributed by atoms with E-state index in [0.29, 0.717) is 64.0 Å². The standard InChI is InChI=1S/C43H44F3N9O3/c1-57-36-27-35(54-18-13-30(14-19-54)53-23-21-52(20-15-44)22-24-53)37(58-2)26-34(36)49-43-47-16-12-33(48-43)41-39(50-38-11-3-4-17-55(38)41)28-7-5-8-29(25-28)42(56)51-40-31(45)9-6-10-32(40)46/h3-12,16-17,25-27,30H,13-15,18-24H2,1-2H3,(H,51,56)(H,47,48,49). The summed E-state index contributed by atoms with van der Waals surface area (Å²) in [5.41, 5.74) is 4.19. The molecule has 3 aromatic heterocycles. The van der Waals surface area contributed by atoms with Gasteiger partial charge in [0.05, 0.1) is 42.7 Å². The van der Waals surface area contributed by atoms with E-state index in [1.54, 1.807) is 44.7 Å². The van der Waals surface area contributed by atoms with Crippen molar-refractivity contribution in [2.45, 2.75) is 18.9 Å². The van der Waals surface area contributed by atoms with Gasteiger partial charge in [0.25, 0.3) is 5.91 Å². The molecular weight excluding hydrogens is 748 g/mol. The number of nitrogens with zero attached hydrogens (tertiary/aromatic N) is 7. The van der Waals surface area contributed by atoms with Crippen molar-refractivity contribution in [3.05, 3.63) is 108 Å². The Morgan fingerprint density at radius 3 is 2.34 bits per heavy atom. The normalized spacial score (nSPS) is 15.4. The Labute approximate surface area is 334 Å². The molecule has 0 spiro atoms. The Morgan fingerprint density at radius 1 is 0.845 bits per heavy atom. The number of piperazine rings is 1. The molecule has 3 aromatic carbocycles. The van der Waals surface area contributed by atoms with Gasteiger partial charge in [0.15, 0.2) is 0 Å². The van der Waals surface area contributed by atoms with Crippen LogP contribution in [0.15, 0.2) is 91.3 Å². The highest BCUT2D eigenvalue weighted by Crippen LogP contribution is 2.41. The van der Waals surface area contributed by atoms with Crippen molar-refractivity contribution in [1.29, 1.82) is 0 Å². The van der Waals surface area contributed by atoms with Gasteiger partial charge in [-0.25, -0.2) is 28.1 Å². The predicted octanol–water partition coefficient (Wildman–Crippen LogP) is 7.31. The molecule has 2 aliphatic heterocycles. The molecule has 0 aliphatic carbocycles. The third-order valence-corrected chi connectivity index (χ3v) is 10.9. The average molecular weight is 792 g/mol. The number of imidazole rings is 1. The number of anilines is 4. The van der Waals surface area contributed by atoms with E-state index in [9.17, 15) is 18.0 Å². The summed E-state index contributed by atoms with van der Waals surface area (Å²) in [4.78, 5) is 34.7. The van der Waals surface area contributed by atoms with E-state index in [4.69, 9.17) is 19.4 Å². The van der Waals surface area contributed by atoms with Crippen LogP contribution in [0.4, 0.5) is 36.2 Å². The van der Waals surface area contributed by atoms with Gasteiger partial charge in [-0.15, -0.1) is 0 Å². The van der Waals surface area contributed by atoms with E-state index in [-0.39, 0.29) is 12.2 Å². The van der Waals surface area contributed by atoms with Gasteiger partial charge in [-0.1, -0.05) is 24.3 Å². The summed E-state index contributed by atoms with van der Waals surface area (Å²) in [5.74, 6) is -0.844. The molecule has 12 nitrogen and oxygen atoms in total. The van der Waals surface area contributed by atoms with Crippen molar-refractivity contribution >= 4 is 34.6 Å². The Hall–Kier alpha value is -6.19. The number of nitrogens with one attached hydrogen (secondary N) is 2. The Balaban J connectivity index is 1.04. The largest absolute Gasteiger partial charge is 0.494 e. The molecule has 2 fully saturated rings. The smallest absolute Gasteiger partial charge is 0.255 e. The summed E-state index contributed by atoms with van der Waals surface area (Å²) >= 11 is 0. The van der Waals surface area contributed by atoms with Crippen LogP contribution in [0.2, 0.25) is 0 Å². The lowest BCUT2D eigenvalue weighted by atomic mass is 10.0. The van der Waals surface area contributed by atoms with E-state index in [1.165, 1.54) is 6.07 Å². The first-order chi connectivity index (χ1) is 28.3. The topological polar surface area (TPSA) is 112 Å². The minimum atomic E-state index is -0.874. The first-order valence-electron chi connectivity index (χ1n) is 19.3. The Bertz CT molecular complexity index is 2390. The number of carbonyl (C=O) groups is 1. The minimum absolute atomic E-state index is 0.187. The van der Waals surface area contributed by atoms with Crippen molar-refractivity contribution in [1.82, 2.24) is 29.2 Å². The van der Waals surface area contributed by atoms with Gasteiger partial charge in [0, 0.05) is 87.5 Å². The number of carbonyl (C=O) groups excluding carboxylic acids is 1. The lowest BCUT2D eigenvalue weighted by Gasteiger charge is -2.43. The van der Waals surface area contributed by atoms with Crippen LogP contribution in [0.3, 0.4) is 0 Å². The Kier molecular flexibility index (Phi) is 11.4. The summed E-state index contributed by atoms with van der Waals surface area (Å²) in [6.45, 7) is 5.72. The van der Waals surface area contributed by atoms with Crippen molar-refractivity contribution in [3.63, 3.8) is 0 Å². The van der Waals surface area contributed by atoms with Crippen molar-refractivity contribution in [3.8, 4) is 34.1 Å². The van der Waals surface area contributed by atoms with E-state index >= 15 is 0 Å². The van der Waals surface area contributed by atoms with E-state index in [2.05, 4.69) is 30.3 Å². The first kappa shape index (κ1) is 38.7. The van der Waals surface area contributed by atoms with Crippen molar-refractivity contribution in [2.24, 2.45) is 0 Å².